The Morgan fingerprint density at radius 3 is 2.52 bits per heavy atom. The summed E-state index contributed by atoms with van der Waals surface area (Å²) in [4.78, 5) is 12.8. The van der Waals surface area contributed by atoms with Gasteiger partial charge in [-0.05, 0) is 18.2 Å². The topological polar surface area (TPSA) is 93.1 Å². The molecule has 1 amide bonds. The van der Waals surface area contributed by atoms with Gasteiger partial charge in [0.05, 0.1) is 4.88 Å². The Kier molecular flexibility index (Phi) is 4.50. The minimum absolute atomic E-state index is 0.00537. The highest BCUT2D eigenvalue weighted by Crippen LogP contribution is 2.34. The Morgan fingerprint density at radius 1 is 1.35 bits per heavy atom. The smallest absolute Gasteiger partial charge is 0.278 e. The molecule has 0 saturated heterocycles. The van der Waals surface area contributed by atoms with Crippen LogP contribution in [0.25, 0.3) is 10.6 Å². The maximum atomic E-state index is 12.7. The van der Waals surface area contributed by atoms with E-state index in [1.54, 1.807) is 0 Å². The number of sulfonamides is 1. The van der Waals surface area contributed by atoms with Gasteiger partial charge in [0.15, 0.2) is 0 Å². The predicted octanol–water partition coefficient (Wildman–Crippen LogP) is 1.50. The molecule has 2 heterocycles. The standard InChI is InChI=1S/C11H11F3N4O3S2/c1-6(19)15-17-23(20,21)10-4-3-8(22-10)7-5-9(11(12,13)14)18(2)16-7/h3-5,17H,1-2H3,(H,15,19). The van der Waals surface area contributed by atoms with Gasteiger partial charge in [-0.2, -0.15) is 18.3 Å². The van der Waals surface area contributed by atoms with Gasteiger partial charge < -0.3 is 0 Å². The summed E-state index contributed by atoms with van der Waals surface area (Å²) in [6.07, 6.45) is -4.56. The maximum Gasteiger partial charge on any atom is 0.433 e. The normalized spacial score (nSPS) is 12.4. The van der Waals surface area contributed by atoms with Gasteiger partial charge in [-0.1, -0.05) is 0 Å². The molecule has 0 bridgehead atoms. The van der Waals surface area contributed by atoms with Crippen molar-refractivity contribution in [3.05, 3.63) is 23.9 Å². The molecule has 7 nitrogen and oxygen atoms in total. The first kappa shape index (κ1) is 17.4. The van der Waals surface area contributed by atoms with Crippen LogP contribution >= 0.6 is 11.3 Å². The Balaban J connectivity index is 2.31. The average Bonchev–Trinajstić information content (AvgIpc) is 3.02. The minimum Gasteiger partial charge on any atom is -0.278 e. The largest absolute Gasteiger partial charge is 0.433 e. The molecule has 0 aromatic carbocycles. The number of thiophene rings is 1. The number of amides is 1. The molecule has 2 rings (SSSR count). The van der Waals surface area contributed by atoms with Gasteiger partial charge in [0.25, 0.3) is 10.0 Å². The number of halogens is 3. The van der Waals surface area contributed by atoms with E-state index in [1.165, 1.54) is 12.1 Å². The molecule has 2 aromatic rings. The summed E-state index contributed by atoms with van der Waals surface area (Å²) in [5.74, 6) is -0.607. The Hall–Kier alpha value is -1.92. The summed E-state index contributed by atoms with van der Waals surface area (Å²) in [6, 6.07) is 3.39. The van der Waals surface area contributed by atoms with Crippen LogP contribution in [0.2, 0.25) is 0 Å². The highest BCUT2D eigenvalue weighted by molar-refractivity contribution is 7.91. The van der Waals surface area contributed by atoms with Gasteiger partial charge in [-0.3, -0.25) is 14.9 Å². The number of carbonyl (C=O) groups excluding carboxylic acids is 1. The summed E-state index contributed by atoms with van der Waals surface area (Å²) in [5.41, 5.74) is 0.990. The summed E-state index contributed by atoms with van der Waals surface area (Å²) in [5, 5.41) is 3.74. The Morgan fingerprint density at radius 2 is 2.00 bits per heavy atom. The summed E-state index contributed by atoms with van der Waals surface area (Å²) >= 11 is 0.732. The zero-order valence-corrected chi connectivity index (χ0v) is 13.4. The maximum absolute atomic E-state index is 12.7. The van der Waals surface area contributed by atoms with Crippen LogP contribution in [-0.4, -0.2) is 24.1 Å². The van der Waals surface area contributed by atoms with Gasteiger partial charge in [0.1, 0.15) is 15.6 Å². The molecule has 0 fully saturated rings. The van der Waals surface area contributed by atoms with Crippen LogP contribution in [-0.2, 0) is 28.0 Å². The first-order valence-corrected chi connectivity index (χ1v) is 8.30. The average molecular weight is 368 g/mol. The number of alkyl halides is 3. The summed E-state index contributed by atoms with van der Waals surface area (Å²) < 4.78 is 62.5. The van der Waals surface area contributed by atoms with Crippen LogP contribution < -0.4 is 10.3 Å². The van der Waals surface area contributed by atoms with Crippen LogP contribution in [0, 0.1) is 0 Å². The number of rotatable bonds is 4. The number of hydrazine groups is 1. The highest BCUT2D eigenvalue weighted by atomic mass is 32.2. The number of hydrogen-bond acceptors (Lipinski definition) is 5. The molecule has 12 heteroatoms. The van der Waals surface area contributed by atoms with E-state index in [-0.39, 0.29) is 14.8 Å². The number of nitrogens with zero attached hydrogens (tertiary/aromatic N) is 2. The number of nitrogens with one attached hydrogen (secondary N) is 2. The molecule has 0 aliphatic rings. The second-order valence-corrected chi connectivity index (χ2v) is 7.43. The third-order valence-corrected chi connectivity index (χ3v) is 5.48. The van der Waals surface area contributed by atoms with Gasteiger partial charge in [0.2, 0.25) is 5.91 Å². The van der Waals surface area contributed by atoms with E-state index in [2.05, 4.69) is 5.10 Å². The quantitative estimate of drug-likeness (QED) is 0.800. The van der Waals surface area contributed by atoms with Crippen molar-refractivity contribution in [1.29, 1.82) is 0 Å². The first-order valence-electron chi connectivity index (χ1n) is 6.00. The number of carbonyl (C=O) groups is 1. The van der Waals surface area contributed by atoms with Crippen molar-refractivity contribution in [2.24, 2.45) is 7.05 Å². The number of aromatic nitrogens is 2. The van der Waals surface area contributed by atoms with E-state index in [9.17, 15) is 26.4 Å². The number of aryl methyl sites for hydroxylation is 1. The van der Waals surface area contributed by atoms with E-state index in [1.807, 2.05) is 10.3 Å². The van der Waals surface area contributed by atoms with Gasteiger partial charge >= 0.3 is 6.18 Å². The fourth-order valence-electron chi connectivity index (χ4n) is 1.64. The molecule has 2 N–H and O–H groups in total. The van der Waals surface area contributed by atoms with E-state index in [4.69, 9.17) is 0 Å². The highest BCUT2D eigenvalue weighted by Gasteiger charge is 2.35. The van der Waals surface area contributed by atoms with Crippen molar-refractivity contribution >= 4 is 27.3 Å². The number of hydrogen-bond donors (Lipinski definition) is 2. The van der Waals surface area contributed by atoms with Gasteiger partial charge in [-0.15, -0.1) is 16.2 Å². The molecule has 2 aromatic heterocycles. The molecule has 0 unspecified atom stereocenters. The van der Waals surface area contributed by atoms with Crippen LogP contribution in [0.5, 0.6) is 0 Å². The summed E-state index contributed by atoms with van der Waals surface area (Å²) in [6.45, 7) is 1.12. The van der Waals surface area contributed by atoms with E-state index >= 15 is 0 Å². The molecular formula is C11H11F3N4O3S2. The lowest BCUT2D eigenvalue weighted by atomic mass is 10.3. The molecule has 0 spiro atoms. The molecule has 23 heavy (non-hydrogen) atoms. The molecule has 0 aliphatic heterocycles. The van der Waals surface area contributed by atoms with Crippen LogP contribution in [0.15, 0.2) is 22.4 Å². The minimum atomic E-state index is -4.56. The fourth-order valence-corrected chi connectivity index (χ4v) is 3.80. The first-order chi connectivity index (χ1) is 10.5. The predicted molar refractivity (Wildman–Crippen MR) is 75.7 cm³/mol. The lowest BCUT2D eigenvalue weighted by molar-refractivity contribution is -0.143. The lowest BCUT2D eigenvalue weighted by Crippen LogP contribution is -2.39. The monoisotopic (exact) mass is 368 g/mol. The molecule has 0 atom stereocenters. The van der Waals surface area contributed by atoms with Crippen LogP contribution in [0.1, 0.15) is 12.6 Å². The summed E-state index contributed by atoms with van der Waals surface area (Å²) in [7, 11) is -2.85. The zero-order valence-electron chi connectivity index (χ0n) is 11.8. The van der Waals surface area contributed by atoms with Gasteiger partial charge in [-0.25, -0.2) is 8.42 Å². The van der Waals surface area contributed by atoms with Crippen molar-refractivity contribution < 1.29 is 26.4 Å². The van der Waals surface area contributed by atoms with Crippen molar-refractivity contribution in [2.45, 2.75) is 17.3 Å². The van der Waals surface area contributed by atoms with Crippen molar-refractivity contribution in [1.82, 2.24) is 20.0 Å². The molecule has 0 radical (unpaired) electrons. The third kappa shape index (κ3) is 3.89. The van der Waals surface area contributed by atoms with Gasteiger partial charge in [0, 0.05) is 14.0 Å². The Bertz CT molecular complexity index is 839. The van der Waals surface area contributed by atoms with Crippen molar-refractivity contribution in [3.8, 4) is 10.6 Å². The molecule has 0 aliphatic carbocycles. The van der Waals surface area contributed by atoms with Crippen LogP contribution in [0.4, 0.5) is 13.2 Å². The fraction of sp³-hybridized carbons (Fsp3) is 0.273. The SMILES string of the molecule is CC(=O)NNS(=O)(=O)c1ccc(-c2cc(C(F)(F)F)n(C)n2)s1. The second kappa shape index (κ2) is 5.94. The van der Waals surface area contributed by atoms with E-state index < -0.39 is 27.8 Å². The van der Waals surface area contributed by atoms with Crippen molar-refractivity contribution in [2.75, 3.05) is 0 Å². The molecule has 126 valence electrons. The third-order valence-electron chi connectivity index (χ3n) is 2.63. The van der Waals surface area contributed by atoms with Crippen LogP contribution in [0.3, 0.4) is 0 Å². The van der Waals surface area contributed by atoms with E-state index in [0.29, 0.717) is 4.68 Å². The van der Waals surface area contributed by atoms with E-state index in [0.717, 1.165) is 31.4 Å². The molecule has 0 saturated carbocycles. The van der Waals surface area contributed by atoms with Crippen molar-refractivity contribution in [3.63, 3.8) is 0 Å². The second-order valence-electron chi connectivity index (χ2n) is 4.44. The Labute approximate surface area is 133 Å². The molecular weight excluding hydrogens is 357 g/mol. The lowest BCUT2D eigenvalue weighted by Gasteiger charge is -2.04. The zero-order chi connectivity index (χ0) is 17.4.